The Kier molecular flexibility index (Phi) is 7.50. The number of amides is 2. The van der Waals surface area contributed by atoms with Gasteiger partial charge in [-0.1, -0.05) is 17.7 Å². The van der Waals surface area contributed by atoms with Crippen LogP contribution in [0.25, 0.3) is 0 Å². The summed E-state index contributed by atoms with van der Waals surface area (Å²) in [5.74, 6) is -0.222. The minimum atomic E-state index is -0.362. The van der Waals surface area contributed by atoms with Crippen LogP contribution in [-0.4, -0.2) is 72.9 Å². The van der Waals surface area contributed by atoms with Gasteiger partial charge in [0, 0.05) is 56.4 Å². The molecule has 0 radical (unpaired) electrons. The van der Waals surface area contributed by atoms with Crippen LogP contribution in [0.4, 0.5) is 4.39 Å². The minimum Gasteiger partial charge on any atom is -0.494 e. The molecule has 33 heavy (non-hydrogen) atoms. The van der Waals surface area contributed by atoms with E-state index in [2.05, 4.69) is 4.90 Å². The highest BCUT2D eigenvalue weighted by molar-refractivity contribution is 6.30. The van der Waals surface area contributed by atoms with Crippen LogP contribution < -0.4 is 4.74 Å². The maximum absolute atomic E-state index is 14.0. The van der Waals surface area contributed by atoms with E-state index in [1.165, 1.54) is 13.2 Å². The van der Waals surface area contributed by atoms with Crippen LogP contribution in [0, 0.1) is 11.7 Å². The molecule has 2 saturated heterocycles. The quantitative estimate of drug-likeness (QED) is 0.664. The number of likely N-dealkylation sites (tertiary alicyclic amines) is 1. The second-order valence-corrected chi connectivity index (χ2v) is 9.10. The van der Waals surface area contributed by atoms with Gasteiger partial charge in [-0.2, -0.15) is 0 Å². The number of halogens is 2. The van der Waals surface area contributed by atoms with Crippen LogP contribution in [0.5, 0.6) is 5.75 Å². The van der Waals surface area contributed by atoms with Gasteiger partial charge in [0.25, 0.3) is 5.91 Å². The third kappa shape index (κ3) is 5.65. The third-order valence-corrected chi connectivity index (χ3v) is 6.71. The number of piperazine rings is 1. The van der Waals surface area contributed by atoms with E-state index >= 15 is 0 Å². The fraction of sp³-hybridized carbons (Fsp3) is 0.440. The number of hydrogen-bond donors (Lipinski definition) is 0. The van der Waals surface area contributed by atoms with Gasteiger partial charge in [-0.25, -0.2) is 4.39 Å². The highest BCUT2D eigenvalue weighted by atomic mass is 35.5. The van der Waals surface area contributed by atoms with Crippen LogP contribution in [0.15, 0.2) is 42.5 Å². The maximum atomic E-state index is 14.0. The van der Waals surface area contributed by atoms with E-state index < -0.39 is 0 Å². The summed E-state index contributed by atoms with van der Waals surface area (Å²) in [4.78, 5) is 31.9. The molecule has 2 fully saturated rings. The number of piperidine rings is 1. The Balaban J connectivity index is 1.29. The van der Waals surface area contributed by atoms with Crippen molar-refractivity contribution in [3.63, 3.8) is 0 Å². The Morgan fingerprint density at radius 2 is 1.76 bits per heavy atom. The molecule has 2 aromatic rings. The molecule has 0 bridgehead atoms. The number of benzene rings is 2. The molecule has 1 unspecified atom stereocenters. The lowest BCUT2D eigenvalue weighted by molar-refractivity contribution is -0.138. The van der Waals surface area contributed by atoms with Crippen LogP contribution in [0.1, 0.15) is 28.8 Å². The van der Waals surface area contributed by atoms with Crippen LogP contribution in [0.2, 0.25) is 5.02 Å². The first kappa shape index (κ1) is 23.5. The minimum absolute atomic E-state index is 0.0549. The van der Waals surface area contributed by atoms with Crippen molar-refractivity contribution in [2.45, 2.75) is 19.4 Å². The van der Waals surface area contributed by atoms with Crippen molar-refractivity contribution >= 4 is 23.4 Å². The molecule has 2 aliphatic heterocycles. The summed E-state index contributed by atoms with van der Waals surface area (Å²) < 4.78 is 18.9. The summed E-state index contributed by atoms with van der Waals surface area (Å²) >= 11 is 5.93. The lowest BCUT2D eigenvalue weighted by Gasteiger charge is -2.39. The van der Waals surface area contributed by atoms with Gasteiger partial charge in [-0.15, -0.1) is 0 Å². The molecule has 0 N–H and O–H groups in total. The summed E-state index contributed by atoms with van der Waals surface area (Å²) in [7, 11) is 1.45. The molecule has 6 nitrogen and oxygen atoms in total. The first-order valence-corrected chi connectivity index (χ1v) is 11.7. The van der Waals surface area contributed by atoms with E-state index in [0.29, 0.717) is 43.3 Å². The fourth-order valence-corrected chi connectivity index (χ4v) is 4.72. The summed E-state index contributed by atoms with van der Waals surface area (Å²) in [5.41, 5.74) is 1.48. The molecule has 0 aromatic heterocycles. The number of methoxy groups -OCH3 is 1. The van der Waals surface area contributed by atoms with Gasteiger partial charge in [-0.05, 0) is 54.8 Å². The molecule has 2 heterocycles. The zero-order chi connectivity index (χ0) is 23.4. The van der Waals surface area contributed by atoms with Crippen LogP contribution >= 0.6 is 11.6 Å². The SMILES string of the molecule is COc1ccc(CN2CCN(C(=O)C3CCCN(C(=O)c4ccc(Cl)cc4)C3)CC2)cc1F. The first-order valence-electron chi connectivity index (χ1n) is 11.3. The van der Waals surface area contributed by atoms with Gasteiger partial charge in [-0.3, -0.25) is 14.5 Å². The normalized spacial score (nSPS) is 19.4. The second kappa shape index (κ2) is 10.5. The highest BCUT2D eigenvalue weighted by Crippen LogP contribution is 2.23. The monoisotopic (exact) mass is 473 g/mol. The topological polar surface area (TPSA) is 53.1 Å². The van der Waals surface area contributed by atoms with E-state index in [-0.39, 0.29) is 29.3 Å². The molecule has 2 aliphatic rings. The van der Waals surface area contributed by atoms with E-state index in [0.717, 1.165) is 31.5 Å². The number of ether oxygens (including phenoxy) is 1. The molecule has 4 rings (SSSR count). The molecule has 176 valence electrons. The molecule has 8 heteroatoms. The predicted molar refractivity (Wildman–Crippen MR) is 125 cm³/mol. The lowest BCUT2D eigenvalue weighted by Crippen LogP contribution is -2.52. The van der Waals surface area contributed by atoms with Gasteiger partial charge < -0.3 is 14.5 Å². The lowest BCUT2D eigenvalue weighted by atomic mass is 9.95. The molecular formula is C25H29ClFN3O3. The molecule has 0 saturated carbocycles. The Hall–Kier alpha value is -2.64. The Morgan fingerprint density at radius 3 is 2.42 bits per heavy atom. The molecule has 2 aromatic carbocycles. The van der Waals surface area contributed by atoms with Crippen LogP contribution in [-0.2, 0) is 11.3 Å². The number of nitrogens with zero attached hydrogens (tertiary/aromatic N) is 3. The zero-order valence-corrected chi connectivity index (χ0v) is 19.6. The van der Waals surface area contributed by atoms with Gasteiger partial charge >= 0.3 is 0 Å². The largest absolute Gasteiger partial charge is 0.494 e. The van der Waals surface area contributed by atoms with Crippen molar-refractivity contribution in [3.8, 4) is 5.75 Å². The van der Waals surface area contributed by atoms with Crippen LogP contribution in [0.3, 0.4) is 0 Å². The third-order valence-electron chi connectivity index (χ3n) is 6.46. The van der Waals surface area contributed by atoms with E-state index in [1.807, 2.05) is 11.0 Å². The second-order valence-electron chi connectivity index (χ2n) is 8.67. The van der Waals surface area contributed by atoms with Crippen molar-refractivity contribution in [2.75, 3.05) is 46.4 Å². The Morgan fingerprint density at radius 1 is 1.03 bits per heavy atom. The first-order chi connectivity index (χ1) is 15.9. The summed E-state index contributed by atoms with van der Waals surface area (Å²) in [5, 5.41) is 0.592. The van der Waals surface area contributed by atoms with E-state index in [9.17, 15) is 14.0 Å². The number of hydrogen-bond acceptors (Lipinski definition) is 4. The summed E-state index contributed by atoms with van der Waals surface area (Å²) in [6.45, 7) is 4.50. The predicted octanol–water partition coefficient (Wildman–Crippen LogP) is 3.68. The van der Waals surface area contributed by atoms with Crippen molar-refractivity contribution in [2.24, 2.45) is 5.92 Å². The molecule has 2 amide bonds. The van der Waals surface area contributed by atoms with Crippen molar-refractivity contribution < 1.29 is 18.7 Å². The van der Waals surface area contributed by atoms with Crippen molar-refractivity contribution in [1.82, 2.24) is 14.7 Å². The smallest absolute Gasteiger partial charge is 0.253 e. The standard InChI is InChI=1S/C25H29ClFN3O3/c1-33-23-9-4-18(15-22(23)27)16-28-11-13-29(14-12-28)25(32)20-3-2-10-30(17-20)24(31)19-5-7-21(26)8-6-19/h4-9,15,20H,2-3,10-14,16-17H2,1H3. The number of rotatable bonds is 5. The highest BCUT2D eigenvalue weighted by Gasteiger charge is 2.33. The summed E-state index contributed by atoms with van der Waals surface area (Å²) in [6, 6.07) is 11.9. The molecule has 0 spiro atoms. The fourth-order valence-electron chi connectivity index (χ4n) is 4.59. The number of carbonyl (C=O) groups is 2. The van der Waals surface area contributed by atoms with Gasteiger partial charge in [0.15, 0.2) is 11.6 Å². The van der Waals surface area contributed by atoms with E-state index in [1.54, 1.807) is 35.2 Å². The van der Waals surface area contributed by atoms with Gasteiger partial charge in [0.2, 0.25) is 5.91 Å². The summed E-state index contributed by atoms with van der Waals surface area (Å²) in [6.07, 6.45) is 1.62. The maximum Gasteiger partial charge on any atom is 0.253 e. The van der Waals surface area contributed by atoms with Crippen molar-refractivity contribution in [1.29, 1.82) is 0 Å². The average Bonchev–Trinajstić information content (AvgIpc) is 2.84. The van der Waals surface area contributed by atoms with Crippen molar-refractivity contribution in [3.05, 3.63) is 64.4 Å². The Labute approximate surface area is 198 Å². The Bertz CT molecular complexity index is 993. The average molecular weight is 474 g/mol. The molecule has 0 aliphatic carbocycles. The van der Waals surface area contributed by atoms with Gasteiger partial charge in [0.1, 0.15) is 0 Å². The zero-order valence-electron chi connectivity index (χ0n) is 18.8. The number of carbonyl (C=O) groups excluding carboxylic acids is 2. The molecular weight excluding hydrogens is 445 g/mol. The van der Waals surface area contributed by atoms with Gasteiger partial charge in [0.05, 0.1) is 13.0 Å². The van der Waals surface area contributed by atoms with E-state index in [4.69, 9.17) is 16.3 Å². The molecule has 1 atom stereocenters.